The van der Waals surface area contributed by atoms with Gasteiger partial charge in [0.05, 0.1) is 12.7 Å². The summed E-state index contributed by atoms with van der Waals surface area (Å²) in [5.74, 6) is -0.771. The van der Waals surface area contributed by atoms with Crippen LogP contribution in [0.1, 0.15) is 66.0 Å². The summed E-state index contributed by atoms with van der Waals surface area (Å²) in [5, 5.41) is 0. The summed E-state index contributed by atoms with van der Waals surface area (Å²) in [6, 6.07) is 0. The van der Waals surface area contributed by atoms with Gasteiger partial charge in [-0.2, -0.15) is 4.98 Å². The Hall–Kier alpha value is -3.28. The molecule has 0 spiro atoms. The molecule has 0 radical (unpaired) electrons. The first-order chi connectivity index (χ1) is 16.8. The minimum atomic E-state index is -0.657. The van der Waals surface area contributed by atoms with Crippen LogP contribution < -0.4 is 5.56 Å². The number of fused-ring (bicyclic) bond motifs is 1. The topological polar surface area (TPSA) is 141 Å². The van der Waals surface area contributed by atoms with E-state index in [1.807, 2.05) is 0 Å². The first kappa shape index (κ1) is 26.3. The zero-order valence-electron chi connectivity index (χ0n) is 20.7. The van der Waals surface area contributed by atoms with Crippen LogP contribution in [0.5, 0.6) is 0 Å². The molecule has 35 heavy (non-hydrogen) atoms. The fourth-order valence-corrected chi connectivity index (χ4v) is 3.83. The highest BCUT2D eigenvalue weighted by atomic mass is 16.6. The predicted octanol–water partition coefficient (Wildman–Crippen LogP) is 2.46. The molecule has 1 fully saturated rings. The van der Waals surface area contributed by atoms with Crippen molar-refractivity contribution in [2.24, 2.45) is 4.99 Å². The van der Waals surface area contributed by atoms with Gasteiger partial charge in [0, 0.05) is 33.4 Å². The highest BCUT2D eigenvalue weighted by molar-refractivity contribution is 5.71. The number of aliphatic imine (C=N–C) groups is 1. The molecule has 1 aliphatic heterocycles. The smallest absolute Gasteiger partial charge is 0.303 e. The van der Waals surface area contributed by atoms with Gasteiger partial charge in [-0.3, -0.25) is 23.9 Å². The second-order valence-electron chi connectivity index (χ2n) is 8.52. The Morgan fingerprint density at radius 1 is 1.26 bits per heavy atom. The van der Waals surface area contributed by atoms with Crippen LogP contribution >= 0.6 is 0 Å². The average molecular weight is 491 g/mol. The molecular formula is C23H34N6O6. The first-order valence-corrected chi connectivity index (χ1v) is 12.0. The first-order valence-electron chi connectivity index (χ1n) is 12.0. The van der Waals surface area contributed by atoms with Gasteiger partial charge in [-0.05, 0) is 12.8 Å². The average Bonchev–Trinajstić information content (AvgIpc) is 3.41. The standard InChI is InChI=1S/C23H34N6O6/c1-5-7-9-28(10-8-6-2)13-25-23-26-21-20(22(32)27-23)24-14-29(21)19-11-17(34-16(4)31)18(35-19)12-33-15(3)30/h13-14,17-19H,5-12H2,1-4H3,(H,26,27,32)/b25-13+/t17-,18+,19+/m0/s1. The molecule has 0 aliphatic carbocycles. The summed E-state index contributed by atoms with van der Waals surface area (Å²) in [4.78, 5) is 53.3. The monoisotopic (exact) mass is 490 g/mol. The summed E-state index contributed by atoms with van der Waals surface area (Å²) in [5.41, 5.74) is 0.0312. The van der Waals surface area contributed by atoms with Gasteiger partial charge >= 0.3 is 11.9 Å². The molecule has 0 saturated carbocycles. The number of aromatic amines is 1. The van der Waals surface area contributed by atoms with E-state index >= 15 is 0 Å². The molecule has 2 aromatic heterocycles. The van der Waals surface area contributed by atoms with Crippen molar-refractivity contribution in [2.75, 3.05) is 19.7 Å². The number of rotatable bonds is 12. The Morgan fingerprint density at radius 3 is 2.60 bits per heavy atom. The maximum absolute atomic E-state index is 12.6. The lowest BCUT2D eigenvalue weighted by atomic mass is 10.2. The van der Waals surface area contributed by atoms with E-state index < -0.39 is 35.9 Å². The fraction of sp³-hybridized carbons (Fsp3) is 0.652. The lowest BCUT2D eigenvalue weighted by Gasteiger charge is -2.18. The fourth-order valence-electron chi connectivity index (χ4n) is 3.83. The zero-order chi connectivity index (χ0) is 25.4. The largest absolute Gasteiger partial charge is 0.463 e. The van der Waals surface area contributed by atoms with Crippen molar-refractivity contribution in [3.8, 4) is 0 Å². The highest BCUT2D eigenvalue weighted by Gasteiger charge is 2.40. The molecule has 0 aromatic carbocycles. The van der Waals surface area contributed by atoms with Gasteiger partial charge in [-0.25, -0.2) is 9.98 Å². The van der Waals surface area contributed by atoms with Crippen molar-refractivity contribution in [3.05, 3.63) is 16.7 Å². The van der Waals surface area contributed by atoms with Crippen LogP contribution in [0.4, 0.5) is 5.95 Å². The molecule has 1 N–H and O–H groups in total. The van der Waals surface area contributed by atoms with Crippen molar-refractivity contribution >= 4 is 35.4 Å². The summed E-state index contributed by atoms with van der Waals surface area (Å²) in [6.07, 6.45) is 5.79. The summed E-state index contributed by atoms with van der Waals surface area (Å²) < 4.78 is 18.1. The van der Waals surface area contributed by atoms with E-state index in [2.05, 4.69) is 38.7 Å². The maximum Gasteiger partial charge on any atom is 0.303 e. The number of nitrogens with zero attached hydrogens (tertiary/aromatic N) is 5. The molecule has 3 atom stereocenters. The van der Waals surface area contributed by atoms with Gasteiger partial charge in [0.1, 0.15) is 25.0 Å². The maximum atomic E-state index is 12.6. The van der Waals surface area contributed by atoms with E-state index in [-0.39, 0.29) is 24.5 Å². The molecule has 0 unspecified atom stereocenters. The quantitative estimate of drug-likeness (QED) is 0.270. The van der Waals surface area contributed by atoms with Crippen molar-refractivity contribution in [2.45, 2.75) is 78.2 Å². The Balaban J connectivity index is 1.85. The number of carbonyl (C=O) groups is 2. The highest BCUT2D eigenvalue weighted by Crippen LogP contribution is 2.32. The minimum absolute atomic E-state index is 0.0642. The molecular weight excluding hydrogens is 456 g/mol. The van der Waals surface area contributed by atoms with Crippen molar-refractivity contribution in [1.82, 2.24) is 24.4 Å². The molecule has 0 bridgehead atoms. The van der Waals surface area contributed by atoms with E-state index in [1.54, 1.807) is 10.9 Å². The molecule has 1 saturated heterocycles. The van der Waals surface area contributed by atoms with Crippen LogP contribution in [-0.4, -0.2) is 74.6 Å². The van der Waals surface area contributed by atoms with Gasteiger partial charge in [0.15, 0.2) is 11.2 Å². The van der Waals surface area contributed by atoms with Gasteiger partial charge in [-0.15, -0.1) is 0 Å². The van der Waals surface area contributed by atoms with Gasteiger partial charge in [0.25, 0.3) is 5.56 Å². The van der Waals surface area contributed by atoms with E-state index in [1.165, 1.54) is 20.2 Å². The minimum Gasteiger partial charge on any atom is -0.463 e. The number of H-pyrrole nitrogens is 1. The Labute approximate surface area is 203 Å². The van der Waals surface area contributed by atoms with Crippen LogP contribution in [-0.2, 0) is 23.8 Å². The second kappa shape index (κ2) is 12.4. The van der Waals surface area contributed by atoms with Crippen LogP contribution in [0.2, 0.25) is 0 Å². The van der Waals surface area contributed by atoms with E-state index in [0.717, 1.165) is 38.8 Å². The number of ether oxygens (including phenoxy) is 3. The summed E-state index contributed by atoms with van der Waals surface area (Å²) >= 11 is 0. The SMILES string of the molecule is CCCCN(/C=N/c1nc2c(ncn2[C@H]2C[C@H](OC(C)=O)[C@@H](COC(C)=O)O2)c(=O)[nH]1)CCCC. The van der Waals surface area contributed by atoms with Crippen molar-refractivity contribution < 1.29 is 23.8 Å². The van der Waals surface area contributed by atoms with E-state index in [9.17, 15) is 14.4 Å². The molecule has 3 heterocycles. The number of nitrogens with one attached hydrogen (secondary N) is 1. The van der Waals surface area contributed by atoms with E-state index in [4.69, 9.17) is 14.2 Å². The summed E-state index contributed by atoms with van der Waals surface area (Å²) in [6.45, 7) is 8.56. The summed E-state index contributed by atoms with van der Waals surface area (Å²) in [7, 11) is 0. The molecule has 12 heteroatoms. The molecule has 3 rings (SSSR count). The van der Waals surface area contributed by atoms with Crippen molar-refractivity contribution in [1.29, 1.82) is 0 Å². The Bertz CT molecular complexity index is 1090. The third-order valence-corrected chi connectivity index (χ3v) is 5.62. The molecule has 2 aromatic rings. The lowest BCUT2D eigenvalue weighted by Crippen LogP contribution is -2.31. The van der Waals surface area contributed by atoms with Crippen LogP contribution in [0.3, 0.4) is 0 Å². The van der Waals surface area contributed by atoms with Gasteiger partial charge < -0.3 is 19.1 Å². The van der Waals surface area contributed by atoms with Crippen molar-refractivity contribution in [3.63, 3.8) is 0 Å². The number of imidazole rings is 1. The number of unbranched alkanes of at least 4 members (excludes halogenated alkanes) is 2. The molecule has 0 amide bonds. The molecule has 1 aliphatic rings. The lowest BCUT2D eigenvalue weighted by molar-refractivity contribution is -0.155. The third-order valence-electron chi connectivity index (χ3n) is 5.62. The van der Waals surface area contributed by atoms with Gasteiger partial charge in [0.2, 0.25) is 5.95 Å². The zero-order valence-corrected chi connectivity index (χ0v) is 20.7. The number of hydrogen-bond acceptors (Lipinski definition) is 9. The number of aromatic nitrogens is 4. The Kier molecular flexibility index (Phi) is 9.35. The predicted molar refractivity (Wildman–Crippen MR) is 128 cm³/mol. The normalized spacial score (nSPS) is 19.9. The molecule has 192 valence electrons. The van der Waals surface area contributed by atoms with E-state index in [0.29, 0.717) is 5.65 Å². The molecule has 12 nitrogen and oxygen atoms in total. The number of hydrogen-bond donors (Lipinski definition) is 1. The van der Waals surface area contributed by atoms with Crippen LogP contribution in [0.25, 0.3) is 11.2 Å². The second-order valence-corrected chi connectivity index (χ2v) is 8.52. The van der Waals surface area contributed by atoms with Crippen LogP contribution in [0.15, 0.2) is 16.1 Å². The Morgan fingerprint density at radius 2 is 1.97 bits per heavy atom. The third kappa shape index (κ3) is 7.10. The number of carbonyl (C=O) groups excluding carboxylic acids is 2. The van der Waals surface area contributed by atoms with Gasteiger partial charge in [-0.1, -0.05) is 26.7 Å². The number of esters is 2. The van der Waals surface area contributed by atoms with Crippen LogP contribution in [0, 0.1) is 0 Å².